The first-order valence-electron chi connectivity index (χ1n) is 22.2. The first-order chi connectivity index (χ1) is 30.2. The normalized spacial score (nSPS) is 12.9. The Kier molecular flexibility index (Phi) is 8.18. The maximum absolute atomic E-state index is 7.32. The third kappa shape index (κ3) is 5.33. The highest BCUT2D eigenvalue weighted by Gasteiger charge is 2.38. The monoisotopic (exact) mass is 802 g/mol. The molecule has 300 valence electrons. The smallest absolute Gasteiger partial charge is 0.251 e. The molecule has 11 aromatic rings. The Bertz CT molecular complexity index is 3570. The van der Waals surface area contributed by atoms with E-state index in [1.165, 1.54) is 65.7 Å². The van der Waals surface area contributed by atoms with Crippen molar-refractivity contribution in [1.29, 1.82) is 0 Å². The van der Waals surface area contributed by atoms with Crippen LogP contribution in [0.15, 0.2) is 162 Å². The Morgan fingerprint density at radius 1 is 0.435 bits per heavy atom. The standard InChI is InChI=1S/C57H47BN2O2/c1-33(2)36-28-44(34(3)4)55(45(29-36)35(5)6)58-47-27-24-38(60-50-22-14-10-18-39(50)42-25-26-43-41-20-12-15-23-52(41)62-57(43)56(42)60)30-53(47)61-54-31-46-40-19-11-13-21-49(40)59(51(46)32-48(54)58)37-16-8-7-9-17-37/h7-35H,1-6H3. The minimum absolute atomic E-state index is 0.0642. The quantitative estimate of drug-likeness (QED) is 0.157. The van der Waals surface area contributed by atoms with Gasteiger partial charge in [0.1, 0.15) is 17.1 Å². The van der Waals surface area contributed by atoms with Crippen LogP contribution in [0.1, 0.15) is 76.0 Å². The van der Waals surface area contributed by atoms with Crippen LogP contribution < -0.4 is 21.1 Å². The number of aromatic nitrogens is 2. The van der Waals surface area contributed by atoms with E-state index in [0.717, 1.165) is 55.8 Å². The summed E-state index contributed by atoms with van der Waals surface area (Å²) in [5.41, 5.74) is 16.5. The average molecular weight is 803 g/mol. The van der Waals surface area contributed by atoms with Gasteiger partial charge in [0.2, 0.25) is 0 Å². The second-order valence-electron chi connectivity index (χ2n) is 18.2. The van der Waals surface area contributed by atoms with Gasteiger partial charge in [-0.3, -0.25) is 0 Å². The van der Waals surface area contributed by atoms with Gasteiger partial charge < -0.3 is 18.3 Å². The second kappa shape index (κ2) is 13.8. The van der Waals surface area contributed by atoms with E-state index in [4.69, 9.17) is 9.15 Å². The fourth-order valence-electron chi connectivity index (χ4n) is 10.6. The number of nitrogens with zero attached hydrogens (tertiary/aromatic N) is 2. The number of fused-ring (bicyclic) bond motifs is 12. The predicted molar refractivity (Wildman–Crippen MR) is 262 cm³/mol. The Balaban J connectivity index is 1.17. The van der Waals surface area contributed by atoms with Crippen LogP contribution in [0.2, 0.25) is 0 Å². The highest BCUT2D eigenvalue weighted by atomic mass is 16.5. The zero-order valence-corrected chi connectivity index (χ0v) is 36.0. The minimum atomic E-state index is -0.0642. The molecule has 0 atom stereocenters. The molecule has 4 nitrogen and oxygen atoms in total. The van der Waals surface area contributed by atoms with Crippen molar-refractivity contribution in [2.75, 3.05) is 0 Å². The molecule has 0 spiro atoms. The van der Waals surface area contributed by atoms with Gasteiger partial charge in [0.05, 0.1) is 22.1 Å². The maximum atomic E-state index is 7.32. The summed E-state index contributed by atoms with van der Waals surface area (Å²) in [6.45, 7) is 14.0. The molecule has 5 heteroatoms. The van der Waals surface area contributed by atoms with Crippen LogP contribution in [0.5, 0.6) is 11.5 Å². The van der Waals surface area contributed by atoms with Crippen molar-refractivity contribution in [3.05, 3.63) is 174 Å². The van der Waals surface area contributed by atoms with E-state index < -0.39 is 0 Å². The van der Waals surface area contributed by atoms with Crippen LogP contribution in [0.25, 0.3) is 76.9 Å². The number of hydrogen-bond acceptors (Lipinski definition) is 2. The lowest BCUT2D eigenvalue weighted by Gasteiger charge is -2.32. The number of para-hydroxylation sites is 4. The van der Waals surface area contributed by atoms with Gasteiger partial charge >= 0.3 is 0 Å². The highest BCUT2D eigenvalue weighted by Crippen LogP contribution is 2.42. The van der Waals surface area contributed by atoms with Crippen molar-refractivity contribution in [2.45, 2.75) is 59.3 Å². The van der Waals surface area contributed by atoms with Crippen molar-refractivity contribution < 1.29 is 9.15 Å². The third-order valence-corrected chi connectivity index (χ3v) is 13.6. The Morgan fingerprint density at radius 2 is 1.05 bits per heavy atom. The summed E-state index contributed by atoms with van der Waals surface area (Å²) in [7, 11) is 0. The van der Waals surface area contributed by atoms with Crippen molar-refractivity contribution >= 4 is 88.7 Å². The Morgan fingerprint density at radius 3 is 1.76 bits per heavy atom. The van der Waals surface area contributed by atoms with Gasteiger partial charge in [-0.25, -0.2) is 0 Å². The molecule has 12 rings (SSSR count). The lowest BCUT2D eigenvalue weighted by molar-refractivity contribution is 0.488. The van der Waals surface area contributed by atoms with Gasteiger partial charge in [-0.1, -0.05) is 144 Å². The first-order valence-corrected chi connectivity index (χ1v) is 22.2. The summed E-state index contributed by atoms with van der Waals surface area (Å²) in [6, 6.07) is 57.8. The number of rotatable bonds is 6. The molecule has 8 aromatic carbocycles. The molecule has 0 N–H and O–H groups in total. The van der Waals surface area contributed by atoms with E-state index in [9.17, 15) is 0 Å². The molecular formula is C57H47BN2O2. The van der Waals surface area contributed by atoms with Crippen LogP contribution in [-0.4, -0.2) is 15.8 Å². The zero-order chi connectivity index (χ0) is 42.0. The number of benzene rings is 8. The molecule has 1 aliphatic heterocycles. The summed E-state index contributed by atoms with van der Waals surface area (Å²) in [4.78, 5) is 0. The molecule has 0 aliphatic carbocycles. The Hall–Kier alpha value is -6.98. The van der Waals surface area contributed by atoms with Gasteiger partial charge in [-0.15, -0.1) is 0 Å². The lowest BCUT2D eigenvalue weighted by Crippen LogP contribution is -2.57. The van der Waals surface area contributed by atoms with Gasteiger partial charge in [-0.2, -0.15) is 0 Å². The number of ether oxygens (including phenoxy) is 1. The third-order valence-electron chi connectivity index (χ3n) is 13.6. The van der Waals surface area contributed by atoms with Crippen LogP contribution in [0.4, 0.5) is 0 Å². The van der Waals surface area contributed by atoms with E-state index >= 15 is 0 Å². The second-order valence-corrected chi connectivity index (χ2v) is 18.2. The number of hydrogen-bond donors (Lipinski definition) is 0. The fraction of sp³-hybridized carbons (Fsp3) is 0.158. The minimum Gasteiger partial charge on any atom is -0.458 e. The summed E-state index contributed by atoms with van der Waals surface area (Å²) in [6.07, 6.45) is 0. The molecule has 0 fully saturated rings. The SMILES string of the molecule is CC(C)c1cc(C(C)C)c(B2c3ccc(-n4c5ccccc5c5ccc6c7ccccc7oc6c54)cc3Oc3cc4c5ccccc5n(-c5ccccc5)c4cc32)c(C(C)C)c1. The number of furan rings is 1. The maximum Gasteiger partial charge on any atom is 0.251 e. The van der Waals surface area contributed by atoms with E-state index in [2.05, 4.69) is 202 Å². The topological polar surface area (TPSA) is 32.2 Å². The van der Waals surface area contributed by atoms with Crippen LogP contribution in [0, 0.1) is 0 Å². The van der Waals surface area contributed by atoms with E-state index in [1.807, 2.05) is 6.07 Å². The molecule has 0 unspecified atom stereocenters. The summed E-state index contributed by atoms with van der Waals surface area (Å²) in [5.74, 6) is 2.84. The van der Waals surface area contributed by atoms with Crippen LogP contribution in [0.3, 0.4) is 0 Å². The average Bonchev–Trinajstić information content (AvgIpc) is 3.95. The molecule has 0 saturated heterocycles. The van der Waals surface area contributed by atoms with Crippen molar-refractivity contribution in [1.82, 2.24) is 9.13 Å². The molecule has 0 bridgehead atoms. The van der Waals surface area contributed by atoms with Crippen molar-refractivity contribution in [3.8, 4) is 22.9 Å². The molecule has 62 heavy (non-hydrogen) atoms. The molecule has 0 amide bonds. The highest BCUT2D eigenvalue weighted by molar-refractivity contribution is 6.97. The lowest BCUT2D eigenvalue weighted by atomic mass is 9.33. The summed E-state index contributed by atoms with van der Waals surface area (Å²) < 4.78 is 18.9. The fourth-order valence-corrected chi connectivity index (χ4v) is 10.6. The van der Waals surface area contributed by atoms with E-state index in [-0.39, 0.29) is 6.71 Å². The van der Waals surface area contributed by atoms with Gasteiger partial charge in [0.25, 0.3) is 6.71 Å². The Labute approximate surface area is 362 Å². The van der Waals surface area contributed by atoms with Gasteiger partial charge in [0, 0.05) is 49.8 Å². The van der Waals surface area contributed by atoms with Crippen LogP contribution >= 0.6 is 0 Å². The summed E-state index contributed by atoms with van der Waals surface area (Å²) in [5, 5.41) is 6.99. The molecular weight excluding hydrogens is 755 g/mol. The predicted octanol–water partition coefficient (Wildman–Crippen LogP) is 13.8. The molecule has 4 heterocycles. The van der Waals surface area contributed by atoms with E-state index in [1.54, 1.807) is 0 Å². The molecule has 0 saturated carbocycles. The largest absolute Gasteiger partial charge is 0.458 e. The molecule has 0 radical (unpaired) electrons. The summed E-state index contributed by atoms with van der Waals surface area (Å²) >= 11 is 0. The molecule has 3 aromatic heterocycles. The van der Waals surface area contributed by atoms with Gasteiger partial charge in [0.15, 0.2) is 5.58 Å². The molecule has 1 aliphatic rings. The van der Waals surface area contributed by atoms with Crippen molar-refractivity contribution in [3.63, 3.8) is 0 Å². The van der Waals surface area contributed by atoms with Gasteiger partial charge in [-0.05, 0) is 100.0 Å². The van der Waals surface area contributed by atoms with E-state index in [0.29, 0.717) is 17.8 Å². The van der Waals surface area contributed by atoms with Crippen molar-refractivity contribution in [2.24, 2.45) is 0 Å². The van der Waals surface area contributed by atoms with Crippen LogP contribution in [-0.2, 0) is 0 Å². The first kappa shape index (κ1) is 36.8. The zero-order valence-electron chi connectivity index (χ0n) is 36.0.